The predicted molar refractivity (Wildman–Crippen MR) is 158 cm³/mol. The van der Waals surface area contributed by atoms with Crippen molar-refractivity contribution >= 4 is 50.2 Å². The number of sulfonamides is 1. The SMILES string of the molecule is CN(CCc1ccccn1)C(=N)c1ccc(CN2C(=O)CN(S(=O)(=O)c3cc4cc(Cl)ccc4[nH]3)C[C@@H]2C(=O)O)cc1. The van der Waals surface area contributed by atoms with Crippen molar-refractivity contribution in [2.24, 2.45) is 0 Å². The van der Waals surface area contributed by atoms with E-state index in [0.29, 0.717) is 45.9 Å². The molecule has 0 saturated carbocycles. The number of halogens is 1. The Bertz CT molecular complexity index is 1740. The number of aromatic nitrogens is 2. The fraction of sp³-hybridized carbons (Fsp3) is 0.241. The highest BCUT2D eigenvalue weighted by molar-refractivity contribution is 7.89. The number of nitrogens with one attached hydrogen (secondary N) is 2. The Kier molecular flexibility index (Phi) is 8.30. The summed E-state index contributed by atoms with van der Waals surface area (Å²) in [5.74, 6) is -1.61. The first-order valence-corrected chi connectivity index (χ1v) is 14.9. The molecule has 0 unspecified atom stereocenters. The Morgan fingerprint density at radius 2 is 1.93 bits per heavy atom. The monoisotopic (exact) mass is 608 g/mol. The molecule has 1 amide bonds. The number of amidine groups is 1. The third-order valence-corrected chi connectivity index (χ3v) is 9.21. The predicted octanol–water partition coefficient (Wildman–Crippen LogP) is 3.20. The highest BCUT2D eigenvalue weighted by atomic mass is 35.5. The van der Waals surface area contributed by atoms with Gasteiger partial charge in [-0.15, -0.1) is 0 Å². The van der Waals surface area contributed by atoms with Crippen LogP contribution in [0.25, 0.3) is 10.9 Å². The lowest BCUT2D eigenvalue weighted by Gasteiger charge is -2.38. The van der Waals surface area contributed by atoms with Crippen molar-refractivity contribution in [3.05, 3.63) is 94.8 Å². The molecule has 0 aliphatic carbocycles. The third-order valence-electron chi connectivity index (χ3n) is 7.24. The van der Waals surface area contributed by atoms with Crippen molar-refractivity contribution in [1.29, 1.82) is 5.41 Å². The van der Waals surface area contributed by atoms with Crippen LogP contribution in [0.5, 0.6) is 0 Å². The Balaban J connectivity index is 1.26. The minimum Gasteiger partial charge on any atom is -0.480 e. The van der Waals surface area contributed by atoms with E-state index < -0.39 is 41.0 Å². The van der Waals surface area contributed by atoms with Crippen LogP contribution in [0.15, 0.2) is 78.0 Å². The zero-order chi connectivity index (χ0) is 30.0. The summed E-state index contributed by atoms with van der Waals surface area (Å²) in [5.41, 5.74) is 2.81. The lowest BCUT2D eigenvalue weighted by molar-refractivity contribution is -0.154. The summed E-state index contributed by atoms with van der Waals surface area (Å²) >= 11 is 6.01. The number of benzene rings is 2. The molecule has 4 aromatic rings. The van der Waals surface area contributed by atoms with Gasteiger partial charge in [-0.05, 0) is 42.0 Å². The van der Waals surface area contributed by atoms with E-state index in [1.165, 1.54) is 11.0 Å². The zero-order valence-corrected chi connectivity index (χ0v) is 24.3. The maximum absolute atomic E-state index is 13.4. The number of likely N-dealkylation sites (N-methyl/N-ethyl adjacent to an activating group) is 1. The van der Waals surface area contributed by atoms with E-state index in [1.54, 1.807) is 48.7 Å². The normalized spacial score (nSPS) is 16.1. The average Bonchev–Trinajstić information content (AvgIpc) is 3.41. The Morgan fingerprint density at radius 1 is 1.17 bits per heavy atom. The summed E-state index contributed by atoms with van der Waals surface area (Å²) in [6.45, 7) is -0.307. The van der Waals surface area contributed by atoms with Crippen molar-refractivity contribution in [3.63, 3.8) is 0 Å². The van der Waals surface area contributed by atoms with E-state index in [9.17, 15) is 23.1 Å². The number of rotatable bonds is 9. The first kappa shape index (κ1) is 29.2. The fourth-order valence-electron chi connectivity index (χ4n) is 4.84. The van der Waals surface area contributed by atoms with Gasteiger partial charge in [0.05, 0.1) is 6.54 Å². The molecule has 2 aromatic carbocycles. The molecule has 3 heterocycles. The summed E-state index contributed by atoms with van der Waals surface area (Å²) in [7, 11) is -2.36. The quantitative estimate of drug-likeness (QED) is 0.195. The maximum atomic E-state index is 13.4. The molecule has 0 bridgehead atoms. The van der Waals surface area contributed by atoms with Gasteiger partial charge in [0.2, 0.25) is 5.91 Å². The Morgan fingerprint density at radius 3 is 2.62 bits per heavy atom. The molecule has 1 atom stereocenters. The number of aromatic amines is 1. The number of nitrogens with zero attached hydrogens (tertiary/aromatic N) is 4. The van der Waals surface area contributed by atoms with Crippen LogP contribution in [0.2, 0.25) is 5.02 Å². The van der Waals surface area contributed by atoms with Gasteiger partial charge in [-0.2, -0.15) is 4.31 Å². The fourth-order valence-corrected chi connectivity index (χ4v) is 6.44. The average molecular weight is 609 g/mol. The van der Waals surface area contributed by atoms with E-state index >= 15 is 0 Å². The summed E-state index contributed by atoms with van der Waals surface area (Å²) in [4.78, 5) is 35.5. The topological polar surface area (TPSA) is 151 Å². The molecule has 218 valence electrons. The number of aliphatic carboxylic acids is 1. The Hall–Kier alpha value is -4.26. The van der Waals surface area contributed by atoms with Gasteiger partial charge in [-0.25, -0.2) is 13.2 Å². The number of H-pyrrole nitrogens is 1. The smallest absolute Gasteiger partial charge is 0.327 e. The minimum atomic E-state index is -4.19. The molecule has 0 radical (unpaired) electrons. The zero-order valence-electron chi connectivity index (χ0n) is 22.7. The molecule has 0 spiro atoms. The number of hydrogen-bond donors (Lipinski definition) is 3. The van der Waals surface area contributed by atoms with Crippen molar-refractivity contribution in [1.82, 2.24) is 24.1 Å². The molecule has 1 saturated heterocycles. The number of carbonyl (C=O) groups is 2. The summed E-state index contributed by atoms with van der Waals surface area (Å²) in [6.07, 6.45) is 2.42. The number of carboxylic acids is 1. The Labute approximate surface area is 247 Å². The van der Waals surface area contributed by atoms with Crippen LogP contribution in [0, 0.1) is 5.41 Å². The van der Waals surface area contributed by atoms with E-state index in [0.717, 1.165) is 10.00 Å². The number of carbonyl (C=O) groups excluding carboxylic acids is 1. The molecular formula is C29H29ClN6O5S. The number of carboxylic acid groups (broad SMARTS) is 1. The molecule has 1 fully saturated rings. The molecule has 2 aromatic heterocycles. The van der Waals surface area contributed by atoms with Gasteiger partial charge in [0, 0.05) is 66.5 Å². The highest BCUT2D eigenvalue weighted by Gasteiger charge is 2.42. The van der Waals surface area contributed by atoms with Gasteiger partial charge < -0.3 is 19.9 Å². The van der Waals surface area contributed by atoms with E-state index in [2.05, 4.69) is 9.97 Å². The maximum Gasteiger partial charge on any atom is 0.327 e. The van der Waals surface area contributed by atoms with E-state index in [1.807, 2.05) is 30.1 Å². The second-order valence-corrected chi connectivity index (χ2v) is 12.4. The number of fused-ring (bicyclic) bond motifs is 1. The first-order valence-electron chi connectivity index (χ1n) is 13.1. The summed E-state index contributed by atoms with van der Waals surface area (Å²) in [6, 6.07) is 17.6. The standard InChI is InChI=1S/C29H29ClN6O5S/c1-34(13-11-23-4-2-3-12-32-23)28(31)20-7-5-19(6-8-20)16-36-25(29(38)39)17-35(18-27(36)37)42(40,41)26-15-21-14-22(30)9-10-24(21)33-26/h2-10,12,14-15,25,31,33H,11,13,16-18H2,1H3,(H,38,39)/t25-/m1/s1. The van der Waals surface area contributed by atoms with Crippen molar-refractivity contribution in [3.8, 4) is 0 Å². The largest absolute Gasteiger partial charge is 0.480 e. The highest BCUT2D eigenvalue weighted by Crippen LogP contribution is 2.27. The van der Waals surface area contributed by atoms with Crippen LogP contribution < -0.4 is 0 Å². The van der Waals surface area contributed by atoms with Gasteiger partial charge in [-0.3, -0.25) is 15.2 Å². The number of pyridine rings is 1. The van der Waals surface area contributed by atoms with Gasteiger partial charge >= 0.3 is 5.97 Å². The number of hydrogen-bond acceptors (Lipinski definition) is 6. The van der Waals surface area contributed by atoms with Crippen molar-refractivity contribution in [2.45, 2.75) is 24.0 Å². The molecule has 13 heteroatoms. The second kappa shape index (κ2) is 11.9. The van der Waals surface area contributed by atoms with Gasteiger partial charge in [0.15, 0.2) is 0 Å². The van der Waals surface area contributed by atoms with Crippen LogP contribution in [-0.2, 0) is 32.6 Å². The van der Waals surface area contributed by atoms with Crippen LogP contribution in [0.1, 0.15) is 16.8 Å². The molecule has 11 nitrogen and oxygen atoms in total. The van der Waals surface area contributed by atoms with E-state index in [4.69, 9.17) is 17.0 Å². The molecule has 3 N–H and O–H groups in total. The molecular weight excluding hydrogens is 580 g/mol. The summed E-state index contributed by atoms with van der Waals surface area (Å²) in [5, 5.41) is 19.4. The number of amides is 1. The van der Waals surface area contributed by atoms with Gasteiger partial charge in [0.1, 0.15) is 16.9 Å². The lowest BCUT2D eigenvalue weighted by Crippen LogP contribution is -2.60. The molecule has 42 heavy (non-hydrogen) atoms. The first-order chi connectivity index (χ1) is 20.0. The molecule has 1 aliphatic heterocycles. The number of piperazine rings is 1. The van der Waals surface area contributed by atoms with Crippen LogP contribution in [0.4, 0.5) is 0 Å². The lowest BCUT2D eigenvalue weighted by atomic mass is 10.1. The molecule has 5 rings (SSSR count). The van der Waals surface area contributed by atoms with Crippen LogP contribution in [0.3, 0.4) is 0 Å². The van der Waals surface area contributed by atoms with Crippen LogP contribution >= 0.6 is 11.6 Å². The third kappa shape index (κ3) is 6.15. The van der Waals surface area contributed by atoms with Gasteiger partial charge in [0.25, 0.3) is 10.0 Å². The van der Waals surface area contributed by atoms with Crippen molar-refractivity contribution in [2.75, 3.05) is 26.7 Å². The van der Waals surface area contributed by atoms with Gasteiger partial charge in [-0.1, -0.05) is 41.9 Å². The summed E-state index contributed by atoms with van der Waals surface area (Å²) < 4.78 is 27.6. The van der Waals surface area contributed by atoms with E-state index in [-0.39, 0.29) is 11.6 Å². The minimum absolute atomic E-state index is 0.0162. The van der Waals surface area contributed by atoms with Crippen LogP contribution in [-0.4, -0.2) is 88.0 Å². The molecule has 1 aliphatic rings. The van der Waals surface area contributed by atoms with Crippen molar-refractivity contribution < 1.29 is 23.1 Å². The second-order valence-electron chi connectivity index (χ2n) is 10.1.